The average molecular weight is 449 g/mol. The number of pyridine rings is 1. The van der Waals surface area contributed by atoms with Crippen molar-refractivity contribution in [1.82, 2.24) is 20.1 Å². The van der Waals surface area contributed by atoms with Crippen LogP contribution in [0.3, 0.4) is 0 Å². The summed E-state index contributed by atoms with van der Waals surface area (Å²) >= 11 is 0. The third-order valence-corrected chi connectivity index (χ3v) is 7.15. The maximum absolute atomic E-state index is 13.0. The van der Waals surface area contributed by atoms with Gasteiger partial charge in [-0.2, -0.15) is 0 Å². The number of hydrogen-bond acceptors (Lipinski definition) is 4. The highest BCUT2D eigenvalue weighted by Gasteiger charge is 2.39. The zero-order chi connectivity index (χ0) is 22.9. The molecule has 0 radical (unpaired) electrons. The largest absolute Gasteiger partial charge is 0.354 e. The third-order valence-electron chi connectivity index (χ3n) is 7.15. The number of rotatable bonds is 4. The second kappa shape index (κ2) is 11.4. The van der Waals surface area contributed by atoms with Gasteiger partial charge in [0.05, 0.1) is 6.42 Å². The van der Waals surface area contributed by atoms with E-state index in [-0.39, 0.29) is 17.4 Å². The molecule has 1 aliphatic carbocycles. The van der Waals surface area contributed by atoms with Gasteiger partial charge in [-0.05, 0) is 36.5 Å². The Labute approximate surface area is 197 Å². The number of carbonyl (C=O) groups is 2. The van der Waals surface area contributed by atoms with Gasteiger partial charge in [0.1, 0.15) is 0 Å². The van der Waals surface area contributed by atoms with Gasteiger partial charge in [-0.25, -0.2) is 0 Å². The lowest BCUT2D eigenvalue weighted by atomic mass is 9.77. The molecule has 0 bridgehead atoms. The first-order valence-electron chi connectivity index (χ1n) is 12.4. The number of amides is 2. The zero-order valence-corrected chi connectivity index (χ0v) is 19.5. The van der Waals surface area contributed by atoms with Gasteiger partial charge in [0.15, 0.2) is 0 Å². The maximum atomic E-state index is 13.0. The lowest BCUT2D eigenvalue weighted by Gasteiger charge is -2.46. The molecule has 1 aromatic carbocycles. The van der Waals surface area contributed by atoms with E-state index in [9.17, 15) is 9.59 Å². The van der Waals surface area contributed by atoms with Crippen molar-refractivity contribution in [1.29, 1.82) is 0 Å². The van der Waals surface area contributed by atoms with Crippen LogP contribution in [0.4, 0.5) is 0 Å². The van der Waals surface area contributed by atoms with E-state index in [1.807, 2.05) is 23.1 Å². The molecule has 2 fully saturated rings. The van der Waals surface area contributed by atoms with E-state index in [1.54, 1.807) is 12.4 Å². The van der Waals surface area contributed by atoms with Crippen LogP contribution in [0.2, 0.25) is 0 Å². The lowest BCUT2D eigenvalue weighted by molar-refractivity contribution is -0.131. The predicted octanol–water partition coefficient (Wildman–Crippen LogP) is 3.57. The minimum Gasteiger partial charge on any atom is -0.354 e. The normalized spacial score (nSPS) is 20.1. The minimum absolute atomic E-state index is 0.0902. The van der Waals surface area contributed by atoms with Crippen LogP contribution in [-0.2, 0) is 22.6 Å². The summed E-state index contributed by atoms with van der Waals surface area (Å²) in [6.07, 6.45) is 11.0. The molecule has 6 nitrogen and oxygen atoms in total. The van der Waals surface area contributed by atoms with Gasteiger partial charge < -0.3 is 10.2 Å². The quantitative estimate of drug-likeness (QED) is 0.777. The van der Waals surface area contributed by atoms with Crippen molar-refractivity contribution in [3.63, 3.8) is 0 Å². The van der Waals surface area contributed by atoms with Crippen molar-refractivity contribution in [3.05, 3.63) is 66.0 Å². The standard InChI is InChI=1S/C27H36N4O2/c32-25-20-27(12-5-2-6-13-27)31(22-23-9-3-1-4-10-23)17-8-16-30(18-15-29-25)26(33)19-24-11-7-14-28-21-24/h1,3-4,7,9-11,14,21H,2,5-6,8,12-13,15-20,22H2,(H,29,32). The first-order valence-corrected chi connectivity index (χ1v) is 12.4. The third kappa shape index (κ3) is 6.41. The van der Waals surface area contributed by atoms with Crippen molar-refractivity contribution >= 4 is 11.8 Å². The molecule has 0 unspecified atom stereocenters. The van der Waals surface area contributed by atoms with Gasteiger partial charge >= 0.3 is 0 Å². The SMILES string of the molecule is O=C1CC2(CCCCC2)N(Cc2ccccc2)CCCN(C(=O)Cc2cccnc2)CCN1. The Bertz CT molecular complexity index is 897. The van der Waals surface area contributed by atoms with Crippen molar-refractivity contribution < 1.29 is 9.59 Å². The molecule has 1 saturated carbocycles. The van der Waals surface area contributed by atoms with Crippen molar-refractivity contribution in [2.24, 2.45) is 0 Å². The van der Waals surface area contributed by atoms with E-state index in [1.165, 1.54) is 24.8 Å². The molecule has 2 amide bonds. The molecule has 4 rings (SSSR count). The Hall–Kier alpha value is -2.73. The zero-order valence-electron chi connectivity index (χ0n) is 19.5. The van der Waals surface area contributed by atoms with Gasteiger partial charge in [0.2, 0.25) is 11.8 Å². The van der Waals surface area contributed by atoms with Gasteiger partial charge in [-0.15, -0.1) is 0 Å². The predicted molar refractivity (Wildman–Crippen MR) is 129 cm³/mol. The Balaban J connectivity index is 1.51. The van der Waals surface area contributed by atoms with Crippen LogP contribution in [0.25, 0.3) is 0 Å². The number of aromatic nitrogens is 1. The smallest absolute Gasteiger partial charge is 0.227 e. The molecule has 176 valence electrons. The second-order valence-electron chi connectivity index (χ2n) is 9.49. The molecule has 2 heterocycles. The van der Waals surface area contributed by atoms with E-state index >= 15 is 0 Å². The van der Waals surface area contributed by atoms with Crippen LogP contribution in [0, 0.1) is 0 Å². The number of carbonyl (C=O) groups excluding carboxylic acids is 2. The molecular weight excluding hydrogens is 412 g/mol. The fraction of sp³-hybridized carbons (Fsp3) is 0.519. The first kappa shape index (κ1) is 23.4. The number of benzene rings is 1. The molecule has 1 aliphatic heterocycles. The summed E-state index contributed by atoms with van der Waals surface area (Å²) in [4.78, 5) is 34.6. The van der Waals surface area contributed by atoms with Crippen molar-refractivity contribution in [2.75, 3.05) is 26.2 Å². The van der Waals surface area contributed by atoms with Gasteiger partial charge in [-0.3, -0.25) is 19.5 Å². The molecule has 6 heteroatoms. The molecule has 33 heavy (non-hydrogen) atoms. The monoisotopic (exact) mass is 448 g/mol. The molecule has 1 N–H and O–H groups in total. The highest BCUT2D eigenvalue weighted by atomic mass is 16.2. The van der Waals surface area contributed by atoms with E-state index in [2.05, 4.69) is 39.5 Å². The van der Waals surface area contributed by atoms with Crippen molar-refractivity contribution in [2.45, 2.75) is 63.5 Å². The highest BCUT2D eigenvalue weighted by Crippen LogP contribution is 2.38. The summed E-state index contributed by atoms with van der Waals surface area (Å²) in [7, 11) is 0. The Morgan fingerprint density at radius 3 is 2.48 bits per heavy atom. The highest BCUT2D eigenvalue weighted by molar-refractivity contribution is 5.79. The van der Waals surface area contributed by atoms with E-state index < -0.39 is 0 Å². The summed E-state index contributed by atoms with van der Waals surface area (Å²) in [6.45, 7) is 3.50. The number of hydrogen-bond donors (Lipinski definition) is 1. The minimum atomic E-state index is -0.0902. The molecule has 2 aromatic rings. The summed E-state index contributed by atoms with van der Waals surface area (Å²) in [6, 6.07) is 14.4. The van der Waals surface area contributed by atoms with Crippen LogP contribution < -0.4 is 5.32 Å². The first-order chi connectivity index (χ1) is 16.1. The van der Waals surface area contributed by atoms with E-state index in [4.69, 9.17) is 0 Å². The summed E-state index contributed by atoms with van der Waals surface area (Å²) < 4.78 is 0. The molecule has 1 aromatic heterocycles. The van der Waals surface area contributed by atoms with Gasteiger partial charge in [-0.1, -0.05) is 55.7 Å². The van der Waals surface area contributed by atoms with Crippen LogP contribution in [0.1, 0.15) is 56.1 Å². The molecule has 1 spiro atoms. The fourth-order valence-corrected chi connectivity index (χ4v) is 5.40. The summed E-state index contributed by atoms with van der Waals surface area (Å²) in [5.74, 6) is 0.204. The molecule has 1 saturated heterocycles. The maximum Gasteiger partial charge on any atom is 0.227 e. The number of nitrogens with one attached hydrogen (secondary N) is 1. The van der Waals surface area contributed by atoms with Gasteiger partial charge in [0, 0.05) is 57.1 Å². The number of nitrogens with zero attached hydrogens (tertiary/aromatic N) is 3. The van der Waals surface area contributed by atoms with Crippen LogP contribution in [-0.4, -0.2) is 58.3 Å². The van der Waals surface area contributed by atoms with Crippen LogP contribution in [0.5, 0.6) is 0 Å². The van der Waals surface area contributed by atoms with Gasteiger partial charge in [0.25, 0.3) is 0 Å². The molecule has 2 aliphatic rings. The lowest BCUT2D eigenvalue weighted by Crippen LogP contribution is -2.52. The topological polar surface area (TPSA) is 65.5 Å². The molecular formula is C27H36N4O2. The van der Waals surface area contributed by atoms with Crippen LogP contribution >= 0.6 is 0 Å². The van der Waals surface area contributed by atoms with E-state index in [0.717, 1.165) is 37.9 Å². The average Bonchev–Trinajstić information content (AvgIpc) is 2.86. The van der Waals surface area contributed by atoms with E-state index in [0.29, 0.717) is 32.5 Å². The fourth-order valence-electron chi connectivity index (χ4n) is 5.40. The second-order valence-corrected chi connectivity index (χ2v) is 9.49. The van der Waals surface area contributed by atoms with Crippen molar-refractivity contribution in [3.8, 4) is 0 Å². The molecule has 0 atom stereocenters. The Morgan fingerprint density at radius 1 is 0.939 bits per heavy atom. The summed E-state index contributed by atoms with van der Waals surface area (Å²) in [5, 5.41) is 3.11. The van der Waals surface area contributed by atoms with Crippen LogP contribution in [0.15, 0.2) is 54.9 Å². The summed E-state index contributed by atoms with van der Waals surface area (Å²) in [5.41, 5.74) is 2.11. The Kier molecular flexibility index (Phi) is 8.10. The Morgan fingerprint density at radius 2 is 1.73 bits per heavy atom.